The van der Waals surface area contributed by atoms with Crippen LogP contribution in [0, 0.1) is 6.92 Å². The van der Waals surface area contributed by atoms with Crippen molar-refractivity contribution in [1.29, 1.82) is 0 Å². The van der Waals surface area contributed by atoms with Crippen LogP contribution in [0.5, 0.6) is 0 Å². The van der Waals surface area contributed by atoms with E-state index in [1.807, 2.05) is 19.1 Å². The van der Waals surface area contributed by atoms with E-state index in [1.54, 1.807) is 23.1 Å². The highest BCUT2D eigenvalue weighted by Gasteiger charge is 2.28. The molecule has 7 nitrogen and oxygen atoms in total. The van der Waals surface area contributed by atoms with Gasteiger partial charge >= 0.3 is 0 Å². The van der Waals surface area contributed by atoms with Gasteiger partial charge in [0, 0.05) is 29.6 Å². The van der Waals surface area contributed by atoms with Gasteiger partial charge in [0.25, 0.3) is 5.56 Å². The van der Waals surface area contributed by atoms with E-state index in [4.69, 9.17) is 0 Å². The fourth-order valence-corrected chi connectivity index (χ4v) is 4.16. The van der Waals surface area contributed by atoms with Gasteiger partial charge in [-0.15, -0.1) is 0 Å². The Morgan fingerprint density at radius 3 is 2.64 bits per heavy atom. The molecule has 1 N–H and O–H groups in total. The Balaban J connectivity index is 1.31. The van der Waals surface area contributed by atoms with Crippen LogP contribution in [-0.2, 0) is 0 Å². The number of aromatic nitrogens is 5. The fraction of sp³-hybridized carbons (Fsp3) is 0.476. The summed E-state index contributed by atoms with van der Waals surface area (Å²) in [4.78, 5) is 25.6. The van der Waals surface area contributed by atoms with Crippen molar-refractivity contribution in [3.63, 3.8) is 0 Å². The molecule has 2 aliphatic rings. The highest BCUT2D eigenvalue weighted by Crippen LogP contribution is 2.39. The molecule has 2 aliphatic carbocycles. The van der Waals surface area contributed by atoms with Gasteiger partial charge in [-0.25, -0.2) is 14.6 Å². The quantitative estimate of drug-likeness (QED) is 0.751. The predicted molar refractivity (Wildman–Crippen MR) is 107 cm³/mol. The van der Waals surface area contributed by atoms with Gasteiger partial charge in [0.05, 0.1) is 23.4 Å². The van der Waals surface area contributed by atoms with Crippen LogP contribution in [0.1, 0.15) is 62.0 Å². The van der Waals surface area contributed by atoms with Crippen LogP contribution in [0.4, 0.5) is 5.82 Å². The van der Waals surface area contributed by atoms with Crippen molar-refractivity contribution >= 4 is 16.7 Å². The zero-order chi connectivity index (χ0) is 19.1. The average Bonchev–Trinajstić information content (AvgIpc) is 3.54. The van der Waals surface area contributed by atoms with Crippen molar-refractivity contribution in [3.05, 3.63) is 52.5 Å². The standard InChI is InChI=1S/C21H24N6O/c1-13-23-19-12-22-11-10-17(19)21(24-13)25-15-4-6-16(7-5-15)27-20(28)9-8-18(26-27)14-2-3-14/h8-12,14-16H,2-7H2,1H3,(H,23,24,25). The van der Waals surface area contributed by atoms with Gasteiger partial charge in [0.15, 0.2) is 0 Å². The van der Waals surface area contributed by atoms with Crippen LogP contribution in [0.3, 0.4) is 0 Å². The molecule has 0 radical (unpaired) electrons. The maximum absolute atomic E-state index is 12.3. The van der Waals surface area contributed by atoms with Crippen molar-refractivity contribution in [1.82, 2.24) is 24.7 Å². The number of pyridine rings is 1. The number of hydrogen-bond acceptors (Lipinski definition) is 6. The minimum Gasteiger partial charge on any atom is -0.367 e. The van der Waals surface area contributed by atoms with Crippen molar-refractivity contribution in [2.24, 2.45) is 0 Å². The first-order chi connectivity index (χ1) is 13.7. The van der Waals surface area contributed by atoms with E-state index >= 15 is 0 Å². The Bertz CT molecular complexity index is 1070. The number of nitrogens with one attached hydrogen (secondary N) is 1. The van der Waals surface area contributed by atoms with E-state index in [0.29, 0.717) is 12.0 Å². The molecular weight excluding hydrogens is 352 g/mol. The Labute approximate surface area is 163 Å². The van der Waals surface area contributed by atoms with E-state index in [9.17, 15) is 4.79 Å². The maximum Gasteiger partial charge on any atom is 0.267 e. The third-order valence-electron chi connectivity index (χ3n) is 5.84. The van der Waals surface area contributed by atoms with E-state index in [-0.39, 0.29) is 11.6 Å². The third-order valence-corrected chi connectivity index (χ3v) is 5.84. The van der Waals surface area contributed by atoms with E-state index in [0.717, 1.165) is 53.9 Å². The number of rotatable bonds is 4. The topological polar surface area (TPSA) is 85.6 Å². The molecule has 28 heavy (non-hydrogen) atoms. The molecule has 3 aromatic heterocycles. The summed E-state index contributed by atoms with van der Waals surface area (Å²) in [6.07, 6.45) is 9.81. The minimum absolute atomic E-state index is 0.0192. The van der Waals surface area contributed by atoms with Gasteiger partial charge in [-0.2, -0.15) is 5.10 Å². The lowest BCUT2D eigenvalue weighted by atomic mass is 9.91. The van der Waals surface area contributed by atoms with Crippen molar-refractivity contribution < 1.29 is 0 Å². The number of aryl methyl sites for hydroxylation is 1. The summed E-state index contributed by atoms with van der Waals surface area (Å²) in [6, 6.07) is 6.08. The van der Waals surface area contributed by atoms with Gasteiger partial charge < -0.3 is 5.32 Å². The van der Waals surface area contributed by atoms with Crippen LogP contribution in [0.25, 0.3) is 10.9 Å². The predicted octanol–water partition coefficient (Wildman–Crippen LogP) is 3.36. The number of anilines is 1. The molecule has 0 unspecified atom stereocenters. The summed E-state index contributed by atoms with van der Waals surface area (Å²) in [7, 11) is 0. The van der Waals surface area contributed by atoms with Crippen LogP contribution < -0.4 is 10.9 Å². The molecule has 2 fully saturated rings. The Kier molecular flexibility index (Phi) is 4.30. The monoisotopic (exact) mass is 376 g/mol. The second-order valence-electron chi connectivity index (χ2n) is 7.98. The van der Waals surface area contributed by atoms with Gasteiger partial charge in [-0.3, -0.25) is 9.78 Å². The van der Waals surface area contributed by atoms with Crippen molar-refractivity contribution in [2.45, 2.75) is 63.5 Å². The molecule has 3 aromatic rings. The molecule has 2 saturated carbocycles. The molecule has 0 aromatic carbocycles. The molecule has 0 amide bonds. The van der Waals surface area contributed by atoms with Crippen LogP contribution in [-0.4, -0.2) is 30.8 Å². The third kappa shape index (κ3) is 3.37. The van der Waals surface area contributed by atoms with E-state index in [2.05, 4.69) is 25.4 Å². The first kappa shape index (κ1) is 17.3. The molecule has 144 valence electrons. The zero-order valence-electron chi connectivity index (χ0n) is 16.0. The van der Waals surface area contributed by atoms with Crippen molar-refractivity contribution in [2.75, 3.05) is 5.32 Å². The summed E-state index contributed by atoms with van der Waals surface area (Å²) in [6.45, 7) is 1.90. The SMILES string of the molecule is Cc1nc(NC2CCC(n3nc(C4CC4)ccc3=O)CC2)c2ccncc2n1. The largest absolute Gasteiger partial charge is 0.367 e. The summed E-state index contributed by atoms with van der Waals surface area (Å²) in [5.41, 5.74) is 1.96. The van der Waals surface area contributed by atoms with Crippen LogP contribution >= 0.6 is 0 Å². The average molecular weight is 376 g/mol. The minimum atomic E-state index is 0.0192. The normalized spacial score (nSPS) is 22.3. The van der Waals surface area contributed by atoms with Gasteiger partial charge in [-0.05, 0) is 57.6 Å². The highest BCUT2D eigenvalue weighted by molar-refractivity contribution is 5.88. The van der Waals surface area contributed by atoms with Gasteiger partial charge in [0.2, 0.25) is 0 Å². The molecule has 0 aliphatic heterocycles. The number of nitrogens with zero attached hydrogens (tertiary/aromatic N) is 5. The smallest absolute Gasteiger partial charge is 0.267 e. The molecule has 0 saturated heterocycles. The first-order valence-corrected chi connectivity index (χ1v) is 10.1. The summed E-state index contributed by atoms with van der Waals surface area (Å²) >= 11 is 0. The summed E-state index contributed by atoms with van der Waals surface area (Å²) in [5, 5.41) is 9.28. The Hall–Kier alpha value is -2.83. The lowest BCUT2D eigenvalue weighted by Crippen LogP contribution is -2.33. The Morgan fingerprint density at radius 2 is 1.86 bits per heavy atom. The van der Waals surface area contributed by atoms with Crippen molar-refractivity contribution in [3.8, 4) is 0 Å². The maximum atomic E-state index is 12.3. The lowest BCUT2D eigenvalue weighted by Gasteiger charge is -2.30. The molecule has 7 heteroatoms. The Morgan fingerprint density at radius 1 is 1.04 bits per heavy atom. The van der Waals surface area contributed by atoms with Crippen LogP contribution in [0.15, 0.2) is 35.4 Å². The first-order valence-electron chi connectivity index (χ1n) is 10.1. The molecule has 0 spiro atoms. The lowest BCUT2D eigenvalue weighted by molar-refractivity contribution is 0.301. The fourth-order valence-electron chi connectivity index (χ4n) is 4.16. The second kappa shape index (κ2) is 6.96. The van der Waals surface area contributed by atoms with Crippen LogP contribution in [0.2, 0.25) is 0 Å². The van der Waals surface area contributed by atoms with E-state index in [1.165, 1.54) is 12.8 Å². The number of fused-ring (bicyclic) bond motifs is 1. The van der Waals surface area contributed by atoms with Gasteiger partial charge in [0.1, 0.15) is 11.6 Å². The zero-order valence-corrected chi connectivity index (χ0v) is 16.0. The molecule has 0 atom stereocenters. The second-order valence-corrected chi connectivity index (χ2v) is 7.98. The molecule has 5 rings (SSSR count). The molecule has 3 heterocycles. The number of hydrogen-bond donors (Lipinski definition) is 1. The summed E-state index contributed by atoms with van der Waals surface area (Å²) in [5.74, 6) is 2.18. The summed E-state index contributed by atoms with van der Waals surface area (Å²) < 4.78 is 1.74. The molecular formula is C21H24N6O. The van der Waals surface area contributed by atoms with Gasteiger partial charge in [-0.1, -0.05) is 0 Å². The highest BCUT2D eigenvalue weighted by atomic mass is 16.1. The van der Waals surface area contributed by atoms with E-state index < -0.39 is 0 Å². The molecule has 0 bridgehead atoms.